The molecule has 3 aromatic rings. The Bertz CT molecular complexity index is 1320. The summed E-state index contributed by atoms with van der Waals surface area (Å²) in [6.07, 6.45) is 0. The van der Waals surface area contributed by atoms with Gasteiger partial charge < -0.3 is 0 Å². The number of nitro groups is 1. The van der Waals surface area contributed by atoms with Crippen molar-refractivity contribution in [1.29, 1.82) is 0 Å². The van der Waals surface area contributed by atoms with Crippen LogP contribution in [0.15, 0.2) is 71.2 Å². The van der Waals surface area contributed by atoms with Gasteiger partial charge in [-0.25, -0.2) is 4.90 Å². The minimum Gasteiger partial charge on any atom is -0.274 e. The Morgan fingerprint density at radius 1 is 0.938 bits per heavy atom. The van der Waals surface area contributed by atoms with Crippen molar-refractivity contribution >= 4 is 39.1 Å². The van der Waals surface area contributed by atoms with Crippen molar-refractivity contribution in [3.8, 4) is 0 Å². The van der Waals surface area contributed by atoms with Crippen molar-refractivity contribution in [3.63, 3.8) is 0 Å². The van der Waals surface area contributed by atoms with Crippen molar-refractivity contribution in [1.82, 2.24) is 0 Å². The summed E-state index contributed by atoms with van der Waals surface area (Å²) in [6.45, 7) is 2.07. The normalized spacial score (nSPS) is 27.2. The molecular formula is C25H17BrN2O4. The first-order valence-corrected chi connectivity index (χ1v) is 11.2. The third-order valence-electron chi connectivity index (χ3n) is 7.43. The van der Waals surface area contributed by atoms with Gasteiger partial charge in [0.2, 0.25) is 11.8 Å². The second-order valence-corrected chi connectivity index (χ2v) is 9.62. The zero-order valence-corrected chi connectivity index (χ0v) is 18.6. The first-order chi connectivity index (χ1) is 15.4. The summed E-state index contributed by atoms with van der Waals surface area (Å²) < 4.78 is 0.347. The fourth-order valence-corrected chi connectivity index (χ4v) is 6.72. The summed E-state index contributed by atoms with van der Waals surface area (Å²) in [5.74, 6) is -1.76. The molecule has 3 aromatic carbocycles. The average molecular weight is 489 g/mol. The highest BCUT2D eigenvalue weighted by molar-refractivity contribution is 9.10. The van der Waals surface area contributed by atoms with Crippen molar-refractivity contribution < 1.29 is 14.5 Å². The Morgan fingerprint density at radius 3 is 2.09 bits per heavy atom. The van der Waals surface area contributed by atoms with Crippen LogP contribution in [0.25, 0.3) is 0 Å². The minimum atomic E-state index is -0.638. The lowest BCUT2D eigenvalue weighted by molar-refractivity contribution is -0.384. The fraction of sp³-hybridized carbons (Fsp3) is 0.200. The van der Waals surface area contributed by atoms with Gasteiger partial charge in [0, 0.05) is 27.9 Å². The van der Waals surface area contributed by atoms with E-state index < -0.39 is 22.2 Å². The summed E-state index contributed by atoms with van der Waals surface area (Å²) in [5, 5.41) is 11.1. The average Bonchev–Trinajstić information content (AvgIpc) is 3.06. The lowest BCUT2D eigenvalue weighted by Crippen LogP contribution is -2.51. The molecule has 1 saturated heterocycles. The molecular weight excluding hydrogens is 472 g/mol. The van der Waals surface area contributed by atoms with E-state index in [0.29, 0.717) is 10.2 Å². The van der Waals surface area contributed by atoms with E-state index in [9.17, 15) is 19.7 Å². The molecule has 1 heterocycles. The van der Waals surface area contributed by atoms with Crippen LogP contribution in [0.5, 0.6) is 0 Å². The Balaban J connectivity index is 1.57. The van der Waals surface area contributed by atoms with Gasteiger partial charge in [0.1, 0.15) is 0 Å². The first-order valence-electron chi connectivity index (χ1n) is 10.4. The Hall–Kier alpha value is -3.32. The zero-order chi connectivity index (χ0) is 22.4. The van der Waals surface area contributed by atoms with Gasteiger partial charge in [-0.1, -0.05) is 55.5 Å². The molecule has 0 unspecified atom stereocenters. The van der Waals surface area contributed by atoms with Gasteiger partial charge in [0.25, 0.3) is 5.69 Å². The van der Waals surface area contributed by atoms with E-state index in [4.69, 9.17) is 0 Å². The predicted octanol–water partition coefficient (Wildman–Crippen LogP) is 4.93. The Morgan fingerprint density at radius 2 is 1.53 bits per heavy atom. The molecule has 6 nitrogen and oxygen atoms in total. The standard InChI is InChI=1S/C25H17BrN2O4/c1-25-16-8-4-2-6-14(16)20(15-7-3-5-9-17(15)25)21-22(25)24(30)27(23(21)29)19-11-10-13(28(31)32)12-18(19)26/h2-12,20-22H,1H3/t20?,21-,22-,25?/m0/s1. The fourth-order valence-electron chi connectivity index (χ4n) is 6.18. The maximum absolute atomic E-state index is 13.9. The SMILES string of the molecule is CC12c3ccccc3C(c3ccccc31)[C@@H]1C(=O)N(c3ccc([N+](=O)[O-])cc3Br)C(=O)[C@H]12. The first kappa shape index (κ1) is 19.4. The van der Waals surface area contributed by atoms with Crippen molar-refractivity contribution in [3.05, 3.63) is 104 Å². The number of non-ortho nitro benzene ring substituents is 1. The van der Waals surface area contributed by atoms with Crippen LogP contribution in [0.2, 0.25) is 0 Å². The molecule has 3 aliphatic carbocycles. The summed E-state index contributed by atoms with van der Waals surface area (Å²) >= 11 is 3.35. The molecule has 2 bridgehead atoms. The highest BCUT2D eigenvalue weighted by Gasteiger charge is 2.66. The number of carbonyl (C=O) groups is 2. The molecule has 0 spiro atoms. The van der Waals surface area contributed by atoms with Gasteiger partial charge in [-0.05, 0) is 44.3 Å². The van der Waals surface area contributed by atoms with E-state index in [1.165, 1.54) is 23.1 Å². The van der Waals surface area contributed by atoms with Gasteiger partial charge in [-0.2, -0.15) is 0 Å². The third-order valence-corrected chi connectivity index (χ3v) is 8.06. The van der Waals surface area contributed by atoms with Gasteiger partial charge >= 0.3 is 0 Å². The third kappa shape index (κ3) is 2.19. The molecule has 2 amide bonds. The van der Waals surface area contributed by atoms with Crippen LogP contribution in [0.4, 0.5) is 11.4 Å². The van der Waals surface area contributed by atoms with Crippen LogP contribution < -0.4 is 4.90 Å². The van der Waals surface area contributed by atoms with E-state index in [1.54, 1.807) is 0 Å². The number of hydrogen-bond donors (Lipinski definition) is 0. The number of amides is 2. The second kappa shape index (κ2) is 6.36. The van der Waals surface area contributed by atoms with Gasteiger partial charge in [-0.15, -0.1) is 0 Å². The van der Waals surface area contributed by atoms with E-state index in [-0.39, 0.29) is 23.4 Å². The monoisotopic (exact) mass is 488 g/mol. The molecule has 0 radical (unpaired) electrons. The highest BCUT2D eigenvalue weighted by atomic mass is 79.9. The molecule has 32 heavy (non-hydrogen) atoms. The van der Waals surface area contributed by atoms with E-state index in [2.05, 4.69) is 47.1 Å². The van der Waals surface area contributed by atoms with Crippen LogP contribution in [-0.4, -0.2) is 16.7 Å². The maximum Gasteiger partial charge on any atom is 0.270 e. The molecule has 0 aromatic heterocycles. The number of hydrogen-bond acceptors (Lipinski definition) is 4. The number of anilines is 1. The highest BCUT2D eigenvalue weighted by Crippen LogP contribution is 2.64. The number of benzene rings is 3. The molecule has 7 heteroatoms. The topological polar surface area (TPSA) is 80.5 Å². The van der Waals surface area contributed by atoms with Crippen LogP contribution in [0.3, 0.4) is 0 Å². The number of rotatable bonds is 2. The summed E-state index contributed by atoms with van der Waals surface area (Å²) in [5.41, 5.74) is 3.98. The number of nitrogens with zero attached hydrogens (tertiary/aromatic N) is 2. The molecule has 0 saturated carbocycles. The summed E-state index contributed by atoms with van der Waals surface area (Å²) in [4.78, 5) is 39.6. The molecule has 4 aliphatic rings. The maximum atomic E-state index is 13.9. The second-order valence-electron chi connectivity index (χ2n) is 8.76. The van der Waals surface area contributed by atoms with Gasteiger partial charge in [0.15, 0.2) is 0 Å². The largest absolute Gasteiger partial charge is 0.274 e. The van der Waals surface area contributed by atoms with Crippen LogP contribution >= 0.6 is 15.9 Å². The summed E-state index contributed by atoms with van der Waals surface area (Å²) in [7, 11) is 0. The number of imide groups is 1. The number of carbonyl (C=O) groups excluding carboxylic acids is 2. The Labute approximate surface area is 192 Å². The van der Waals surface area contributed by atoms with E-state index in [0.717, 1.165) is 22.3 Å². The van der Waals surface area contributed by atoms with Gasteiger partial charge in [-0.3, -0.25) is 19.7 Å². The van der Waals surface area contributed by atoms with Crippen LogP contribution in [0, 0.1) is 22.0 Å². The molecule has 1 aliphatic heterocycles. The molecule has 0 N–H and O–H groups in total. The summed E-state index contributed by atoms with van der Waals surface area (Å²) in [6, 6.07) is 20.3. The van der Waals surface area contributed by atoms with Crippen LogP contribution in [-0.2, 0) is 15.0 Å². The lowest BCUT2D eigenvalue weighted by Gasteiger charge is -2.52. The predicted molar refractivity (Wildman–Crippen MR) is 121 cm³/mol. The molecule has 2 atom stereocenters. The smallest absolute Gasteiger partial charge is 0.270 e. The van der Waals surface area contributed by atoms with Crippen molar-refractivity contribution in [2.75, 3.05) is 4.90 Å². The minimum absolute atomic E-state index is 0.107. The zero-order valence-electron chi connectivity index (χ0n) is 17.0. The van der Waals surface area contributed by atoms with Crippen molar-refractivity contribution in [2.45, 2.75) is 18.3 Å². The lowest BCUT2D eigenvalue weighted by atomic mass is 9.48. The molecule has 158 valence electrons. The number of halogens is 1. The van der Waals surface area contributed by atoms with E-state index in [1.807, 2.05) is 24.3 Å². The molecule has 1 fully saturated rings. The van der Waals surface area contributed by atoms with E-state index >= 15 is 0 Å². The van der Waals surface area contributed by atoms with Gasteiger partial charge in [0.05, 0.1) is 22.4 Å². The van der Waals surface area contributed by atoms with Crippen molar-refractivity contribution in [2.24, 2.45) is 11.8 Å². The molecule has 7 rings (SSSR count). The Kier molecular flexibility index (Phi) is 3.85. The van der Waals surface area contributed by atoms with Crippen LogP contribution in [0.1, 0.15) is 35.1 Å². The quantitative estimate of drug-likeness (QED) is 0.291. The number of nitro benzene ring substituents is 1.